The molecule has 80 valence electrons. The fraction of sp³-hybridized carbons (Fsp3) is 0.875. The maximum atomic E-state index is 12.7. The lowest BCUT2D eigenvalue weighted by molar-refractivity contribution is -0.187. The van der Waals surface area contributed by atoms with E-state index in [1.807, 2.05) is 0 Å². The van der Waals surface area contributed by atoms with Crippen molar-refractivity contribution in [2.75, 3.05) is 13.1 Å². The van der Waals surface area contributed by atoms with Gasteiger partial charge in [0.2, 0.25) is 5.91 Å². The van der Waals surface area contributed by atoms with E-state index < -0.39 is 23.0 Å². The summed E-state index contributed by atoms with van der Waals surface area (Å²) < 4.78 is 38.1. The number of carbonyl (C=O) groups is 1. The van der Waals surface area contributed by atoms with Crippen LogP contribution in [0, 0.1) is 5.41 Å². The van der Waals surface area contributed by atoms with Gasteiger partial charge in [0.15, 0.2) is 0 Å². The van der Waals surface area contributed by atoms with Crippen LogP contribution in [0.1, 0.15) is 13.3 Å². The molecule has 2 rings (SSSR count). The number of amides is 1. The van der Waals surface area contributed by atoms with Gasteiger partial charge < -0.3 is 10.6 Å². The van der Waals surface area contributed by atoms with Gasteiger partial charge in [0, 0.05) is 20.0 Å². The summed E-state index contributed by atoms with van der Waals surface area (Å²) in [4.78, 5) is 10.8. The third-order valence-corrected chi connectivity index (χ3v) is 3.21. The van der Waals surface area contributed by atoms with Crippen LogP contribution in [0.25, 0.3) is 0 Å². The number of rotatable bonds is 1. The van der Waals surface area contributed by atoms with Gasteiger partial charge in [-0.15, -0.1) is 0 Å². The zero-order valence-corrected chi connectivity index (χ0v) is 7.66. The molecule has 2 atom stereocenters. The Kier molecular flexibility index (Phi) is 1.69. The highest BCUT2D eigenvalue weighted by atomic mass is 19.4. The van der Waals surface area contributed by atoms with Gasteiger partial charge in [-0.1, -0.05) is 0 Å². The summed E-state index contributed by atoms with van der Waals surface area (Å²) in [6, 6.07) is 0. The van der Waals surface area contributed by atoms with Gasteiger partial charge in [-0.25, -0.2) is 0 Å². The van der Waals surface area contributed by atoms with Crippen molar-refractivity contribution in [2.45, 2.75) is 25.1 Å². The van der Waals surface area contributed by atoms with E-state index in [2.05, 4.69) is 10.6 Å². The Hall–Kier alpha value is -0.780. The molecule has 0 bridgehead atoms. The van der Waals surface area contributed by atoms with Crippen molar-refractivity contribution in [3.63, 3.8) is 0 Å². The number of alkyl halides is 3. The molecule has 1 amide bonds. The second-order valence-electron chi connectivity index (χ2n) is 4.12. The zero-order valence-electron chi connectivity index (χ0n) is 7.66. The summed E-state index contributed by atoms with van der Waals surface area (Å²) in [6.07, 6.45) is -4.23. The Morgan fingerprint density at radius 3 is 2.50 bits per heavy atom. The van der Waals surface area contributed by atoms with Gasteiger partial charge in [-0.05, 0) is 6.42 Å². The van der Waals surface area contributed by atoms with Crippen LogP contribution in [-0.4, -0.2) is 30.7 Å². The van der Waals surface area contributed by atoms with E-state index in [9.17, 15) is 18.0 Å². The molecule has 1 saturated heterocycles. The lowest BCUT2D eigenvalue weighted by Gasteiger charge is -2.20. The molecule has 1 heterocycles. The van der Waals surface area contributed by atoms with Crippen molar-refractivity contribution in [2.24, 2.45) is 5.41 Å². The van der Waals surface area contributed by atoms with Crippen molar-refractivity contribution in [1.82, 2.24) is 10.6 Å². The highest BCUT2D eigenvalue weighted by molar-refractivity contribution is 5.75. The molecule has 0 unspecified atom stereocenters. The van der Waals surface area contributed by atoms with Crippen molar-refractivity contribution in [3.05, 3.63) is 0 Å². The Morgan fingerprint density at radius 1 is 1.43 bits per heavy atom. The average molecular weight is 208 g/mol. The molecule has 0 spiro atoms. The monoisotopic (exact) mass is 208 g/mol. The molecule has 2 fully saturated rings. The lowest BCUT2D eigenvalue weighted by Crippen LogP contribution is -2.45. The van der Waals surface area contributed by atoms with Gasteiger partial charge in [-0.2, -0.15) is 13.2 Å². The predicted octanol–water partition coefficient (Wildman–Crippen LogP) is 0.417. The third kappa shape index (κ3) is 1.00. The fourth-order valence-electron chi connectivity index (χ4n) is 2.44. The number of hydrogen-bond acceptors (Lipinski definition) is 2. The molecule has 0 radical (unpaired) electrons. The van der Waals surface area contributed by atoms with Crippen molar-refractivity contribution >= 4 is 5.91 Å². The first-order valence-electron chi connectivity index (χ1n) is 4.39. The van der Waals surface area contributed by atoms with Crippen LogP contribution < -0.4 is 10.6 Å². The maximum absolute atomic E-state index is 12.7. The normalized spacial score (nSPS) is 40.6. The van der Waals surface area contributed by atoms with E-state index in [4.69, 9.17) is 0 Å². The van der Waals surface area contributed by atoms with Crippen LogP contribution in [0.3, 0.4) is 0 Å². The number of fused-ring (bicyclic) bond motifs is 1. The molecule has 1 aliphatic carbocycles. The number of hydrogen-bond donors (Lipinski definition) is 2. The highest BCUT2D eigenvalue weighted by Gasteiger charge is 2.82. The van der Waals surface area contributed by atoms with Gasteiger partial charge in [0.25, 0.3) is 0 Å². The molecule has 2 aliphatic rings. The Balaban J connectivity index is 2.22. The predicted molar refractivity (Wildman–Crippen MR) is 42.5 cm³/mol. The molecule has 1 aliphatic heterocycles. The Bertz CT molecular complexity index is 291. The van der Waals surface area contributed by atoms with Crippen LogP contribution in [0.4, 0.5) is 13.2 Å². The molecule has 0 aromatic rings. The topological polar surface area (TPSA) is 41.1 Å². The van der Waals surface area contributed by atoms with Crippen LogP contribution in [0.15, 0.2) is 0 Å². The molecular weight excluding hydrogens is 197 g/mol. The summed E-state index contributed by atoms with van der Waals surface area (Å²) >= 11 is 0. The summed E-state index contributed by atoms with van der Waals surface area (Å²) in [7, 11) is 0. The van der Waals surface area contributed by atoms with E-state index in [1.165, 1.54) is 6.92 Å². The highest BCUT2D eigenvalue weighted by Crippen LogP contribution is 2.66. The first-order chi connectivity index (χ1) is 6.33. The summed E-state index contributed by atoms with van der Waals surface area (Å²) in [6.45, 7) is 1.37. The fourth-order valence-corrected chi connectivity index (χ4v) is 2.44. The molecule has 14 heavy (non-hydrogen) atoms. The molecular formula is C8H11F3N2O. The molecule has 0 aromatic carbocycles. The quantitative estimate of drug-likeness (QED) is 0.655. The lowest BCUT2D eigenvalue weighted by atomic mass is 10.0. The van der Waals surface area contributed by atoms with E-state index in [0.717, 1.165) is 0 Å². The first kappa shape index (κ1) is 9.76. The van der Waals surface area contributed by atoms with Gasteiger partial charge >= 0.3 is 6.18 Å². The van der Waals surface area contributed by atoms with Crippen molar-refractivity contribution < 1.29 is 18.0 Å². The van der Waals surface area contributed by atoms with Crippen molar-refractivity contribution in [1.29, 1.82) is 0 Å². The summed E-state index contributed by atoms with van der Waals surface area (Å²) in [5, 5.41) is 5.10. The third-order valence-electron chi connectivity index (χ3n) is 3.21. The van der Waals surface area contributed by atoms with Crippen LogP contribution in [0.5, 0.6) is 0 Å². The van der Waals surface area contributed by atoms with Crippen LogP contribution in [-0.2, 0) is 4.79 Å². The number of piperidine rings is 1. The van der Waals surface area contributed by atoms with E-state index in [1.54, 1.807) is 0 Å². The summed E-state index contributed by atoms with van der Waals surface area (Å²) in [5.41, 5.74) is -2.79. The minimum Gasteiger partial charge on any atom is -0.349 e. The SMILES string of the molecule is CC(=O)N[C@@]12CNC[C@]1(C(F)(F)F)C2. The zero-order chi connectivity index (χ0) is 10.6. The van der Waals surface area contributed by atoms with E-state index in [0.29, 0.717) is 0 Å². The Labute approximate surface area is 79.0 Å². The van der Waals surface area contributed by atoms with Gasteiger partial charge in [0.05, 0.1) is 5.54 Å². The van der Waals surface area contributed by atoms with E-state index in [-0.39, 0.29) is 19.5 Å². The molecule has 6 heteroatoms. The maximum Gasteiger partial charge on any atom is 0.398 e. The molecule has 2 N–H and O–H groups in total. The number of carbonyl (C=O) groups excluding carboxylic acids is 1. The molecule has 3 nitrogen and oxygen atoms in total. The number of halogens is 3. The van der Waals surface area contributed by atoms with Crippen LogP contribution in [0.2, 0.25) is 0 Å². The van der Waals surface area contributed by atoms with E-state index >= 15 is 0 Å². The minimum absolute atomic E-state index is 0.0100. The number of nitrogens with one attached hydrogen (secondary N) is 2. The Morgan fingerprint density at radius 2 is 2.07 bits per heavy atom. The minimum atomic E-state index is -4.24. The average Bonchev–Trinajstić information content (AvgIpc) is 2.46. The molecule has 1 saturated carbocycles. The second kappa shape index (κ2) is 2.42. The van der Waals surface area contributed by atoms with Gasteiger partial charge in [0.1, 0.15) is 5.41 Å². The standard InChI is InChI=1S/C8H11F3N2O/c1-5(14)13-7-2-6(7,3-12-4-7)8(9,10)11/h12H,2-4H2,1H3,(H,13,14)/t6-,7+/m1/s1. The molecule has 0 aromatic heterocycles. The van der Waals surface area contributed by atoms with Crippen molar-refractivity contribution in [3.8, 4) is 0 Å². The second-order valence-corrected chi connectivity index (χ2v) is 4.12. The summed E-state index contributed by atoms with van der Waals surface area (Å²) in [5.74, 6) is -0.403. The largest absolute Gasteiger partial charge is 0.398 e. The smallest absolute Gasteiger partial charge is 0.349 e. The van der Waals surface area contributed by atoms with Gasteiger partial charge in [-0.3, -0.25) is 4.79 Å². The first-order valence-corrected chi connectivity index (χ1v) is 4.39. The van der Waals surface area contributed by atoms with Crippen LogP contribution >= 0.6 is 0 Å².